The van der Waals surface area contributed by atoms with Crippen molar-refractivity contribution in [3.63, 3.8) is 0 Å². The van der Waals surface area contributed by atoms with Gasteiger partial charge in [-0.15, -0.1) is 0 Å². The Kier molecular flexibility index (Phi) is 14.8. The summed E-state index contributed by atoms with van der Waals surface area (Å²) >= 11 is 0. The number of quaternary nitrogens is 2. The Balaban J connectivity index is 0.00000400. The molecule has 0 bridgehead atoms. The van der Waals surface area contributed by atoms with Crippen molar-refractivity contribution in [1.29, 1.82) is 0 Å². The maximum Gasteiger partial charge on any atom is 0.332 e. The van der Waals surface area contributed by atoms with Gasteiger partial charge in [0, 0.05) is 28.2 Å². The molecular formula is C32H54Br2N10O4. The lowest BCUT2D eigenvalue weighted by Gasteiger charge is -2.30. The fraction of sp³-hybridized carbons (Fsp3) is 0.688. The monoisotopic (exact) mass is 800 g/mol. The van der Waals surface area contributed by atoms with E-state index < -0.39 is 0 Å². The molecule has 0 saturated carbocycles. The van der Waals surface area contributed by atoms with Gasteiger partial charge in [0.25, 0.3) is 11.1 Å². The van der Waals surface area contributed by atoms with Gasteiger partial charge in [-0.25, -0.2) is 19.6 Å². The van der Waals surface area contributed by atoms with Gasteiger partial charge in [-0.3, -0.25) is 27.9 Å². The second-order valence-corrected chi connectivity index (χ2v) is 14.2. The van der Waals surface area contributed by atoms with Crippen molar-refractivity contribution in [3.8, 4) is 0 Å². The molecule has 0 fully saturated rings. The van der Waals surface area contributed by atoms with E-state index in [4.69, 9.17) is 0 Å². The van der Waals surface area contributed by atoms with Crippen molar-refractivity contribution in [2.45, 2.75) is 64.5 Å². The Morgan fingerprint density at radius 3 is 1.15 bits per heavy atom. The number of unbranched alkanes of at least 4 members (excludes halogenated alkanes) is 7. The van der Waals surface area contributed by atoms with E-state index in [9.17, 15) is 19.2 Å². The maximum absolute atomic E-state index is 12.7. The van der Waals surface area contributed by atoms with Crippen LogP contribution in [-0.2, 0) is 41.3 Å². The van der Waals surface area contributed by atoms with Crippen LogP contribution in [-0.4, -0.2) is 101 Å². The zero-order chi connectivity index (χ0) is 33.8. The molecule has 270 valence electrons. The van der Waals surface area contributed by atoms with Crippen LogP contribution < -0.4 is 56.5 Å². The molecule has 0 amide bonds. The molecule has 0 aliphatic rings. The first-order chi connectivity index (χ1) is 21.6. The molecule has 0 aliphatic carbocycles. The average molecular weight is 803 g/mol. The Morgan fingerprint density at radius 2 is 0.812 bits per heavy atom. The van der Waals surface area contributed by atoms with Crippen LogP contribution in [0.3, 0.4) is 0 Å². The van der Waals surface area contributed by atoms with E-state index in [1.165, 1.54) is 74.6 Å². The number of hydrogen-bond acceptors (Lipinski definition) is 6. The van der Waals surface area contributed by atoms with Crippen LogP contribution in [0.4, 0.5) is 0 Å². The molecule has 14 nitrogen and oxygen atoms in total. The van der Waals surface area contributed by atoms with Crippen LogP contribution in [0.25, 0.3) is 22.3 Å². The predicted octanol–water partition coefficient (Wildman–Crippen LogP) is -4.84. The molecule has 0 aromatic carbocycles. The highest BCUT2D eigenvalue weighted by Gasteiger charge is 2.20. The quantitative estimate of drug-likeness (QED) is 0.0781. The average Bonchev–Trinajstić information content (AvgIpc) is 3.64. The molecule has 16 heteroatoms. The predicted molar refractivity (Wildman–Crippen MR) is 181 cm³/mol. The largest absolute Gasteiger partial charge is 1.00 e. The Hall–Kier alpha value is -2.82. The molecule has 0 radical (unpaired) electrons. The maximum atomic E-state index is 12.7. The van der Waals surface area contributed by atoms with Crippen molar-refractivity contribution < 1.29 is 42.9 Å². The van der Waals surface area contributed by atoms with Gasteiger partial charge in [-0.05, 0) is 25.7 Å². The van der Waals surface area contributed by atoms with Gasteiger partial charge in [0.05, 0.1) is 80.1 Å². The lowest BCUT2D eigenvalue weighted by Crippen LogP contribution is -3.00. The van der Waals surface area contributed by atoms with Gasteiger partial charge >= 0.3 is 11.4 Å². The van der Waals surface area contributed by atoms with Crippen LogP contribution in [0.2, 0.25) is 0 Å². The van der Waals surface area contributed by atoms with E-state index in [1.54, 1.807) is 26.7 Å². The topological polar surface area (TPSA) is 124 Å². The van der Waals surface area contributed by atoms with E-state index in [0.717, 1.165) is 44.3 Å². The fourth-order valence-corrected chi connectivity index (χ4v) is 6.25. The Labute approximate surface area is 302 Å². The van der Waals surface area contributed by atoms with Crippen LogP contribution in [0, 0.1) is 0 Å². The molecule has 0 saturated heterocycles. The number of likely N-dealkylation sites (N-methyl/N-ethyl adjacent to an activating group) is 2. The normalized spacial score (nSPS) is 12.1. The first kappa shape index (κ1) is 41.4. The summed E-state index contributed by atoms with van der Waals surface area (Å²) in [6, 6.07) is 0. The SMILES string of the molecule is Cn1c(=O)c2c(ncn2CC[N+](C)(C)CCCCCCCCCC[N+](C)(C)CCn2cnc3c2c(=O)n(C)c(=O)n3C)n(C)c1=O.[Br-].[Br-]. The summed E-state index contributed by atoms with van der Waals surface area (Å²) in [7, 11) is 15.2. The van der Waals surface area contributed by atoms with Crippen LogP contribution in [0.15, 0.2) is 31.8 Å². The summed E-state index contributed by atoms with van der Waals surface area (Å²) in [5.41, 5.74) is 0.526. The highest BCUT2D eigenvalue weighted by Crippen LogP contribution is 2.13. The van der Waals surface area contributed by atoms with Crippen LogP contribution >= 0.6 is 0 Å². The van der Waals surface area contributed by atoms with Crippen molar-refractivity contribution in [1.82, 2.24) is 37.4 Å². The van der Waals surface area contributed by atoms with E-state index in [-0.39, 0.29) is 56.5 Å². The molecule has 0 N–H and O–H groups in total. The van der Waals surface area contributed by atoms with Crippen molar-refractivity contribution in [2.75, 3.05) is 54.4 Å². The number of fused-ring (bicyclic) bond motifs is 2. The minimum atomic E-state index is -0.360. The number of imidazole rings is 2. The van der Waals surface area contributed by atoms with Gasteiger partial charge in [0.1, 0.15) is 0 Å². The summed E-state index contributed by atoms with van der Waals surface area (Å²) in [4.78, 5) is 58.5. The third kappa shape index (κ3) is 9.45. The Morgan fingerprint density at radius 1 is 0.500 bits per heavy atom. The molecule has 0 aliphatic heterocycles. The first-order valence-corrected chi connectivity index (χ1v) is 16.5. The number of halogens is 2. The number of nitrogens with zero attached hydrogens (tertiary/aromatic N) is 10. The summed E-state index contributed by atoms with van der Waals surface area (Å²) in [6.07, 6.45) is 13.2. The molecule has 4 rings (SSSR count). The second kappa shape index (κ2) is 17.2. The van der Waals surface area contributed by atoms with Gasteiger partial charge in [-0.2, -0.15) is 0 Å². The molecule has 0 unspecified atom stereocenters. The third-order valence-electron chi connectivity index (χ3n) is 9.60. The molecule has 48 heavy (non-hydrogen) atoms. The highest BCUT2D eigenvalue weighted by atomic mass is 79.9. The van der Waals surface area contributed by atoms with E-state index in [1.807, 2.05) is 9.13 Å². The van der Waals surface area contributed by atoms with Crippen molar-refractivity contribution in [3.05, 3.63) is 54.3 Å². The van der Waals surface area contributed by atoms with Gasteiger partial charge in [0.15, 0.2) is 22.3 Å². The molecule has 0 spiro atoms. The molecular weight excluding hydrogens is 748 g/mol. The third-order valence-corrected chi connectivity index (χ3v) is 9.60. The number of rotatable bonds is 17. The van der Waals surface area contributed by atoms with E-state index in [0.29, 0.717) is 35.4 Å². The summed E-state index contributed by atoms with van der Waals surface area (Å²) in [5, 5.41) is 0. The molecule has 4 aromatic heterocycles. The van der Waals surface area contributed by atoms with Gasteiger partial charge in [-0.1, -0.05) is 25.7 Å². The zero-order valence-electron chi connectivity index (χ0n) is 29.9. The van der Waals surface area contributed by atoms with E-state index >= 15 is 0 Å². The lowest BCUT2D eigenvalue weighted by molar-refractivity contribution is -0.891. The smallest absolute Gasteiger partial charge is 0.332 e. The fourth-order valence-electron chi connectivity index (χ4n) is 6.25. The summed E-state index contributed by atoms with van der Waals surface area (Å²) < 4.78 is 10.6. The van der Waals surface area contributed by atoms with Crippen LogP contribution in [0.5, 0.6) is 0 Å². The molecule has 0 atom stereocenters. The minimum absolute atomic E-state index is 0. The summed E-state index contributed by atoms with van der Waals surface area (Å²) in [6.45, 7) is 5.27. The van der Waals surface area contributed by atoms with Gasteiger partial charge in [0.2, 0.25) is 0 Å². The highest BCUT2D eigenvalue weighted by molar-refractivity contribution is 5.70. The van der Waals surface area contributed by atoms with Gasteiger partial charge < -0.3 is 52.1 Å². The standard InChI is InChI=1S/C32H54N10O4.2BrH/c1-35-27-25(29(43)37(3)31(35)45)39(23-33-27)17-21-41(5,6)19-15-13-11-9-10-12-14-16-20-42(7,8)22-18-40-24-34-28-26(40)30(44)38(4)32(46)36(28)2;;/h23-24H,9-22H2,1-8H3;2*1H/q+2;;/p-2. The first-order valence-electron chi connectivity index (χ1n) is 16.5. The van der Waals surface area contributed by atoms with Crippen molar-refractivity contribution in [2.24, 2.45) is 28.2 Å². The van der Waals surface area contributed by atoms with Crippen LogP contribution in [0.1, 0.15) is 51.4 Å². The minimum Gasteiger partial charge on any atom is -1.00 e. The molecule has 4 heterocycles. The zero-order valence-corrected chi connectivity index (χ0v) is 33.1. The lowest BCUT2D eigenvalue weighted by atomic mass is 10.1. The number of aryl methyl sites for hydroxylation is 2. The van der Waals surface area contributed by atoms with Crippen molar-refractivity contribution >= 4 is 22.3 Å². The second-order valence-electron chi connectivity index (χ2n) is 14.2. The number of aromatic nitrogens is 8. The molecule has 4 aromatic rings. The summed E-state index contributed by atoms with van der Waals surface area (Å²) in [5.74, 6) is 0. The number of hydrogen-bond donors (Lipinski definition) is 0. The van der Waals surface area contributed by atoms with E-state index in [2.05, 4.69) is 38.2 Å². The Bertz CT molecular complexity index is 1770.